The number of thiocarbonyl (C=S) groups is 1. The van der Waals surface area contributed by atoms with E-state index in [1.165, 1.54) is 0 Å². The van der Waals surface area contributed by atoms with Crippen LogP contribution in [0.25, 0.3) is 0 Å². The molecule has 194 valence electrons. The van der Waals surface area contributed by atoms with Crippen LogP contribution in [0.5, 0.6) is 0 Å². The third-order valence-corrected chi connectivity index (χ3v) is 6.30. The predicted molar refractivity (Wildman–Crippen MR) is 137 cm³/mol. The molecule has 0 aromatic heterocycles. The highest BCUT2D eigenvalue weighted by molar-refractivity contribution is 7.80. The Bertz CT molecular complexity index is 1310. The van der Waals surface area contributed by atoms with Crippen molar-refractivity contribution >= 4 is 51.9 Å². The number of amides is 1. The van der Waals surface area contributed by atoms with Crippen molar-refractivity contribution in [1.29, 1.82) is 0 Å². The molecule has 0 radical (unpaired) electrons. The molecule has 0 spiro atoms. The van der Waals surface area contributed by atoms with E-state index in [9.17, 15) is 26.7 Å². The van der Waals surface area contributed by atoms with E-state index in [1.807, 2.05) is 35.2 Å². The van der Waals surface area contributed by atoms with E-state index in [4.69, 9.17) is 23.8 Å². The monoisotopic (exact) mass is 554 g/mol. The SMILES string of the molecule is O=C(Cc1ccccc1)NC(=S)Nc1ccc(N2CCN(c3c(F)c(F)c(F)c(F)c3F)CC2)c(Cl)c1. The van der Waals surface area contributed by atoms with E-state index in [1.54, 1.807) is 18.2 Å². The molecule has 3 aromatic carbocycles. The van der Waals surface area contributed by atoms with E-state index in [0.29, 0.717) is 16.4 Å². The highest BCUT2D eigenvalue weighted by Gasteiger charge is 2.31. The van der Waals surface area contributed by atoms with Gasteiger partial charge in [0.2, 0.25) is 11.7 Å². The number of carbonyl (C=O) groups is 1. The Morgan fingerprint density at radius 3 is 2.00 bits per heavy atom. The molecule has 5 nitrogen and oxygen atoms in total. The summed E-state index contributed by atoms with van der Waals surface area (Å²) in [7, 11) is 0. The summed E-state index contributed by atoms with van der Waals surface area (Å²) in [4.78, 5) is 15.1. The topological polar surface area (TPSA) is 47.6 Å². The van der Waals surface area contributed by atoms with Gasteiger partial charge in [-0.2, -0.15) is 0 Å². The fraction of sp³-hybridized carbons (Fsp3) is 0.200. The lowest BCUT2D eigenvalue weighted by Crippen LogP contribution is -2.47. The van der Waals surface area contributed by atoms with Crippen molar-refractivity contribution in [3.05, 3.63) is 88.2 Å². The van der Waals surface area contributed by atoms with Crippen LogP contribution in [0.3, 0.4) is 0 Å². The minimum Gasteiger partial charge on any atom is -0.367 e. The Morgan fingerprint density at radius 2 is 1.41 bits per heavy atom. The first-order chi connectivity index (χ1) is 17.7. The summed E-state index contributed by atoms with van der Waals surface area (Å²) in [6, 6.07) is 14.2. The van der Waals surface area contributed by atoms with E-state index < -0.39 is 34.8 Å². The standard InChI is InChI=1S/C25H20ClF5N4OS/c26-16-13-15(32-25(37)33-18(36)12-14-4-2-1-3-5-14)6-7-17(16)34-8-10-35(11-9-34)24-22(30)20(28)19(27)21(29)23(24)31/h1-7,13H,8-12H2,(H2,32,33,36,37). The summed E-state index contributed by atoms with van der Waals surface area (Å²) >= 11 is 11.6. The van der Waals surface area contributed by atoms with Gasteiger partial charge in [0.15, 0.2) is 28.4 Å². The number of hydrogen-bond donors (Lipinski definition) is 2. The molecule has 2 N–H and O–H groups in total. The van der Waals surface area contributed by atoms with Crippen molar-refractivity contribution in [2.45, 2.75) is 6.42 Å². The summed E-state index contributed by atoms with van der Waals surface area (Å²) in [5.41, 5.74) is 1.04. The van der Waals surface area contributed by atoms with Gasteiger partial charge in [-0.1, -0.05) is 41.9 Å². The second kappa shape index (κ2) is 11.3. The molecule has 1 aliphatic rings. The molecule has 12 heteroatoms. The van der Waals surface area contributed by atoms with Gasteiger partial charge in [-0.3, -0.25) is 4.79 Å². The molecular weight excluding hydrogens is 535 g/mol. The summed E-state index contributed by atoms with van der Waals surface area (Å²) in [6.07, 6.45) is 0.166. The molecule has 37 heavy (non-hydrogen) atoms. The van der Waals surface area contributed by atoms with Crippen LogP contribution in [-0.2, 0) is 11.2 Å². The number of benzene rings is 3. The van der Waals surface area contributed by atoms with Gasteiger partial charge in [-0.25, -0.2) is 22.0 Å². The Hall–Kier alpha value is -3.44. The third-order valence-electron chi connectivity index (χ3n) is 5.79. The van der Waals surface area contributed by atoms with Crippen LogP contribution in [0.2, 0.25) is 5.02 Å². The summed E-state index contributed by atoms with van der Waals surface area (Å²) in [5, 5.41) is 5.93. The lowest BCUT2D eigenvalue weighted by Gasteiger charge is -2.38. The van der Waals surface area contributed by atoms with Crippen molar-refractivity contribution < 1.29 is 26.7 Å². The van der Waals surface area contributed by atoms with Crippen molar-refractivity contribution in [2.75, 3.05) is 41.3 Å². The molecule has 0 aliphatic carbocycles. The molecule has 4 rings (SSSR count). The lowest BCUT2D eigenvalue weighted by molar-refractivity contribution is -0.119. The van der Waals surface area contributed by atoms with Crippen molar-refractivity contribution in [1.82, 2.24) is 5.32 Å². The zero-order valence-electron chi connectivity index (χ0n) is 19.1. The first-order valence-electron chi connectivity index (χ1n) is 11.1. The van der Waals surface area contributed by atoms with E-state index in [0.717, 1.165) is 10.5 Å². The molecule has 1 amide bonds. The van der Waals surface area contributed by atoms with Crippen molar-refractivity contribution in [2.24, 2.45) is 0 Å². The molecule has 0 saturated carbocycles. The van der Waals surface area contributed by atoms with Gasteiger partial charge in [0.05, 0.1) is 17.1 Å². The van der Waals surface area contributed by atoms with Crippen LogP contribution in [-0.4, -0.2) is 37.2 Å². The fourth-order valence-corrected chi connectivity index (χ4v) is 4.53. The lowest BCUT2D eigenvalue weighted by atomic mass is 10.1. The normalized spacial score (nSPS) is 13.5. The van der Waals surface area contributed by atoms with Gasteiger partial charge in [0, 0.05) is 31.9 Å². The highest BCUT2D eigenvalue weighted by Crippen LogP contribution is 2.33. The van der Waals surface area contributed by atoms with Gasteiger partial charge >= 0.3 is 0 Å². The Morgan fingerprint density at radius 1 is 0.838 bits per heavy atom. The number of rotatable bonds is 5. The molecule has 0 bridgehead atoms. The van der Waals surface area contributed by atoms with Crippen molar-refractivity contribution in [3.8, 4) is 0 Å². The van der Waals surface area contributed by atoms with Crippen LogP contribution in [0, 0.1) is 29.1 Å². The molecule has 0 atom stereocenters. The number of piperazine rings is 1. The van der Waals surface area contributed by atoms with E-state index >= 15 is 0 Å². The van der Waals surface area contributed by atoms with Gasteiger partial charge in [0.25, 0.3) is 0 Å². The van der Waals surface area contributed by atoms with Crippen LogP contribution in [0.4, 0.5) is 39.0 Å². The molecule has 1 saturated heterocycles. The molecule has 3 aromatic rings. The average molecular weight is 555 g/mol. The van der Waals surface area contributed by atoms with Crippen LogP contribution < -0.4 is 20.4 Å². The maximum atomic E-state index is 14.2. The maximum absolute atomic E-state index is 14.2. The average Bonchev–Trinajstić information content (AvgIpc) is 2.87. The van der Waals surface area contributed by atoms with Gasteiger partial charge in [-0.05, 0) is 36.0 Å². The minimum atomic E-state index is -2.19. The smallest absolute Gasteiger partial charge is 0.230 e. The molecule has 1 heterocycles. The number of nitrogens with zero attached hydrogens (tertiary/aromatic N) is 2. The third kappa shape index (κ3) is 5.94. The summed E-state index contributed by atoms with van der Waals surface area (Å²) < 4.78 is 68.9. The van der Waals surface area contributed by atoms with Crippen molar-refractivity contribution in [3.63, 3.8) is 0 Å². The number of anilines is 3. The van der Waals surface area contributed by atoms with E-state index in [-0.39, 0.29) is 43.6 Å². The second-order valence-electron chi connectivity index (χ2n) is 8.22. The van der Waals surface area contributed by atoms with Crippen LogP contribution in [0.1, 0.15) is 5.56 Å². The number of carbonyl (C=O) groups excluding carboxylic acids is 1. The fourth-order valence-electron chi connectivity index (χ4n) is 4.00. The molecular formula is C25H20ClF5N4OS. The Kier molecular flexibility index (Phi) is 8.13. The minimum absolute atomic E-state index is 0.00617. The summed E-state index contributed by atoms with van der Waals surface area (Å²) in [6.45, 7) is 0.457. The van der Waals surface area contributed by atoms with Gasteiger partial charge in [-0.15, -0.1) is 0 Å². The second-order valence-corrected chi connectivity index (χ2v) is 9.04. The number of hydrogen-bond acceptors (Lipinski definition) is 4. The number of nitrogens with one attached hydrogen (secondary N) is 2. The van der Waals surface area contributed by atoms with Gasteiger partial charge < -0.3 is 20.4 Å². The molecule has 0 unspecified atom stereocenters. The van der Waals surface area contributed by atoms with E-state index in [2.05, 4.69) is 10.6 Å². The predicted octanol–water partition coefficient (Wildman–Crippen LogP) is 5.42. The zero-order valence-corrected chi connectivity index (χ0v) is 20.7. The molecule has 1 fully saturated rings. The Labute approximate surface area is 219 Å². The number of halogens is 6. The summed E-state index contributed by atoms with van der Waals surface area (Å²) in [5.74, 6) is -10.1. The highest BCUT2D eigenvalue weighted by atomic mass is 35.5. The quantitative estimate of drug-likeness (QED) is 0.191. The maximum Gasteiger partial charge on any atom is 0.230 e. The first-order valence-corrected chi connectivity index (χ1v) is 11.9. The zero-order chi connectivity index (χ0) is 26.7. The Balaban J connectivity index is 1.36. The first kappa shape index (κ1) is 26.6. The van der Waals surface area contributed by atoms with Crippen LogP contribution >= 0.6 is 23.8 Å². The van der Waals surface area contributed by atoms with Crippen LogP contribution in [0.15, 0.2) is 48.5 Å². The largest absolute Gasteiger partial charge is 0.367 e. The van der Waals surface area contributed by atoms with Gasteiger partial charge in [0.1, 0.15) is 5.69 Å². The molecule has 1 aliphatic heterocycles.